The number of pyridine rings is 1. The van der Waals surface area contributed by atoms with Crippen molar-refractivity contribution in [1.82, 2.24) is 4.98 Å². The molecule has 0 saturated carbocycles. The molecule has 0 aliphatic carbocycles. The highest BCUT2D eigenvalue weighted by Gasteiger charge is 2.10. The summed E-state index contributed by atoms with van der Waals surface area (Å²) in [5.41, 5.74) is 4.27. The molecule has 0 spiro atoms. The van der Waals surface area contributed by atoms with E-state index in [4.69, 9.17) is 4.74 Å². The SMILES string of the molecule is CCOc1ccccc1Nc1cc(C(=O)Nc2cc(C)ccc2C)ccn1. The first-order valence-corrected chi connectivity index (χ1v) is 8.90. The van der Waals surface area contributed by atoms with Crippen molar-refractivity contribution < 1.29 is 9.53 Å². The zero-order valence-electron chi connectivity index (χ0n) is 15.7. The summed E-state index contributed by atoms with van der Waals surface area (Å²) in [6.07, 6.45) is 1.61. The second kappa shape index (κ2) is 8.36. The number of benzene rings is 2. The molecule has 5 nitrogen and oxygen atoms in total. The number of nitrogens with zero attached hydrogens (tertiary/aromatic N) is 1. The minimum Gasteiger partial charge on any atom is -0.492 e. The van der Waals surface area contributed by atoms with E-state index in [-0.39, 0.29) is 5.91 Å². The lowest BCUT2D eigenvalue weighted by atomic mass is 10.1. The highest BCUT2D eigenvalue weighted by molar-refractivity contribution is 6.05. The third-order valence-corrected chi connectivity index (χ3v) is 4.11. The number of amides is 1. The van der Waals surface area contributed by atoms with Crippen LogP contribution in [0.4, 0.5) is 17.2 Å². The first-order chi connectivity index (χ1) is 13.1. The molecular formula is C22H23N3O2. The fourth-order valence-corrected chi connectivity index (χ4v) is 2.69. The molecule has 0 fully saturated rings. The summed E-state index contributed by atoms with van der Waals surface area (Å²) in [7, 11) is 0. The summed E-state index contributed by atoms with van der Waals surface area (Å²) >= 11 is 0. The van der Waals surface area contributed by atoms with Crippen LogP contribution in [0.3, 0.4) is 0 Å². The number of hydrogen-bond donors (Lipinski definition) is 2. The van der Waals surface area contributed by atoms with Gasteiger partial charge in [0, 0.05) is 17.4 Å². The third kappa shape index (κ3) is 4.64. The normalized spacial score (nSPS) is 10.3. The van der Waals surface area contributed by atoms with E-state index in [1.165, 1.54) is 0 Å². The van der Waals surface area contributed by atoms with Gasteiger partial charge in [-0.2, -0.15) is 0 Å². The first kappa shape index (κ1) is 18.5. The van der Waals surface area contributed by atoms with Crippen LogP contribution in [0.1, 0.15) is 28.4 Å². The Bertz CT molecular complexity index is 954. The number of carbonyl (C=O) groups is 1. The fourth-order valence-electron chi connectivity index (χ4n) is 2.69. The van der Waals surface area contributed by atoms with Gasteiger partial charge in [-0.15, -0.1) is 0 Å². The second-order valence-electron chi connectivity index (χ2n) is 6.26. The summed E-state index contributed by atoms with van der Waals surface area (Å²) < 4.78 is 5.62. The molecule has 2 aromatic carbocycles. The lowest BCUT2D eigenvalue weighted by Gasteiger charge is -2.13. The second-order valence-corrected chi connectivity index (χ2v) is 6.26. The molecule has 0 unspecified atom stereocenters. The van der Waals surface area contributed by atoms with Crippen molar-refractivity contribution in [2.45, 2.75) is 20.8 Å². The number of rotatable bonds is 6. The Balaban J connectivity index is 1.79. The van der Waals surface area contributed by atoms with Crippen LogP contribution in [-0.4, -0.2) is 17.5 Å². The van der Waals surface area contributed by atoms with Gasteiger partial charge in [0.2, 0.25) is 0 Å². The molecule has 3 rings (SSSR count). The maximum Gasteiger partial charge on any atom is 0.255 e. The predicted octanol–water partition coefficient (Wildman–Crippen LogP) is 5.09. The molecule has 2 N–H and O–H groups in total. The predicted molar refractivity (Wildman–Crippen MR) is 109 cm³/mol. The van der Waals surface area contributed by atoms with E-state index in [0.29, 0.717) is 18.0 Å². The number of carbonyl (C=O) groups excluding carboxylic acids is 1. The molecule has 27 heavy (non-hydrogen) atoms. The van der Waals surface area contributed by atoms with Gasteiger partial charge in [0.05, 0.1) is 12.3 Å². The van der Waals surface area contributed by atoms with Gasteiger partial charge in [0.25, 0.3) is 5.91 Å². The van der Waals surface area contributed by atoms with Crippen molar-refractivity contribution in [2.24, 2.45) is 0 Å². The number of hydrogen-bond acceptors (Lipinski definition) is 4. The van der Waals surface area contributed by atoms with E-state index < -0.39 is 0 Å². The fraction of sp³-hybridized carbons (Fsp3) is 0.182. The van der Waals surface area contributed by atoms with E-state index in [9.17, 15) is 4.79 Å². The van der Waals surface area contributed by atoms with E-state index >= 15 is 0 Å². The minimum atomic E-state index is -0.174. The molecule has 5 heteroatoms. The van der Waals surface area contributed by atoms with Crippen LogP contribution in [0.25, 0.3) is 0 Å². The summed E-state index contributed by atoms with van der Waals surface area (Å²) in [6.45, 7) is 6.48. The molecule has 0 radical (unpaired) electrons. The van der Waals surface area contributed by atoms with Crippen LogP contribution in [0, 0.1) is 13.8 Å². The maximum atomic E-state index is 12.7. The first-order valence-electron chi connectivity index (χ1n) is 8.90. The molecule has 0 bridgehead atoms. The molecule has 3 aromatic rings. The summed E-state index contributed by atoms with van der Waals surface area (Å²) in [6, 6.07) is 17.0. The number of ether oxygens (including phenoxy) is 1. The van der Waals surface area contributed by atoms with Crippen molar-refractivity contribution >= 4 is 23.1 Å². The average molecular weight is 361 g/mol. The number of anilines is 3. The Labute approximate surface area is 159 Å². The van der Waals surface area contributed by atoms with Crippen LogP contribution in [0.5, 0.6) is 5.75 Å². The topological polar surface area (TPSA) is 63.2 Å². The smallest absolute Gasteiger partial charge is 0.255 e. The van der Waals surface area contributed by atoms with Crippen molar-refractivity contribution in [3.05, 3.63) is 77.5 Å². The molecule has 0 saturated heterocycles. The van der Waals surface area contributed by atoms with Gasteiger partial charge in [-0.3, -0.25) is 4.79 Å². The monoisotopic (exact) mass is 361 g/mol. The lowest BCUT2D eigenvalue weighted by molar-refractivity contribution is 0.102. The summed E-state index contributed by atoms with van der Waals surface area (Å²) in [5, 5.41) is 6.19. The molecule has 0 atom stereocenters. The Hall–Kier alpha value is -3.34. The highest BCUT2D eigenvalue weighted by Crippen LogP contribution is 2.27. The van der Waals surface area contributed by atoms with Gasteiger partial charge in [0.1, 0.15) is 11.6 Å². The molecule has 0 aliphatic heterocycles. The van der Waals surface area contributed by atoms with Crippen LogP contribution < -0.4 is 15.4 Å². The summed E-state index contributed by atoms with van der Waals surface area (Å²) in [5.74, 6) is 1.15. The van der Waals surface area contributed by atoms with Crippen LogP contribution in [0.15, 0.2) is 60.8 Å². The number of para-hydroxylation sites is 2. The van der Waals surface area contributed by atoms with E-state index in [1.807, 2.05) is 63.2 Å². The van der Waals surface area contributed by atoms with Crippen molar-refractivity contribution in [2.75, 3.05) is 17.2 Å². The van der Waals surface area contributed by atoms with E-state index in [0.717, 1.165) is 28.3 Å². The van der Waals surface area contributed by atoms with Gasteiger partial charge in [-0.05, 0) is 62.2 Å². The average Bonchev–Trinajstić information content (AvgIpc) is 2.67. The largest absolute Gasteiger partial charge is 0.492 e. The molecular weight excluding hydrogens is 338 g/mol. The van der Waals surface area contributed by atoms with Crippen molar-refractivity contribution in [3.63, 3.8) is 0 Å². The Morgan fingerprint density at radius 2 is 1.85 bits per heavy atom. The van der Waals surface area contributed by atoms with Gasteiger partial charge in [-0.1, -0.05) is 24.3 Å². The van der Waals surface area contributed by atoms with Gasteiger partial charge < -0.3 is 15.4 Å². The highest BCUT2D eigenvalue weighted by atomic mass is 16.5. The quantitative estimate of drug-likeness (QED) is 0.642. The van der Waals surface area contributed by atoms with E-state index in [1.54, 1.807) is 18.3 Å². The zero-order chi connectivity index (χ0) is 19.2. The Morgan fingerprint density at radius 3 is 2.67 bits per heavy atom. The van der Waals surface area contributed by atoms with Crippen molar-refractivity contribution in [3.8, 4) is 5.75 Å². The molecule has 1 heterocycles. The lowest BCUT2D eigenvalue weighted by Crippen LogP contribution is -2.13. The van der Waals surface area contributed by atoms with Gasteiger partial charge >= 0.3 is 0 Å². The molecule has 0 aliphatic rings. The molecule has 1 aromatic heterocycles. The number of aryl methyl sites for hydroxylation is 2. The van der Waals surface area contributed by atoms with Crippen LogP contribution >= 0.6 is 0 Å². The van der Waals surface area contributed by atoms with Crippen molar-refractivity contribution in [1.29, 1.82) is 0 Å². The molecule has 138 valence electrons. The Morgan fingerprint density at radius 1 is 1.04 bits per heavy atom. The number of nitrogens with one attached hydrogen (secondary N) is 2. The minimum absolute atomic E-state index is 0.174. The number of aromatic nitrogens is 1. The molecule has 1 amide bonds. The maximum absolute atomic E-state index is 12.7. The Kier molecular flexibility index (Phi) is 5.71. The zero-order valence-corrected chi connectivity index (χ0v) is 15.7. The van der Waals surface area contributed by atoms with Crippen LogP contribution in [0.2, 0.25) is 0 Å². The third-order valence-electron chi connectivity index (χ3n) is 4.11. The standard InChI is InChI=1S/C22H23N3O2/c1-4-27-20-8-6-5-7-18(20)24-21-14-17(11-12-23-21)22(26)25-19-13-15(2)9-10-16(19)3/h5-14H,4H2,1-3H3,(H,23,24)(H,25,26). The summed E-state index contributed by atoms with van der Waals surface area (Å²) in [4.78, 5) is 17.0. The van der Waals surface area contributed by atoms with Gasteiger partial charge in [-0.25, -0.2) is 4.98 Å². The van der Waals surface area contributed by atoms with Gasteiger partial charge in [0.15, 0.2) is 0 Å². The van der Waals surface area contributed by atoms with E-state index in [2.05, 4.69) is 15.6 Å². The van der Waals surface area contributed by atoms with Crippen LogP contribution in [-0.2, 0) is 0 Å².